The van der Waals surface area contributed by atoms with Gasteiger partial charge in [-0.2, -0.15) is 0 Å². The Labute approximate surface area is 99.7 Å². The van der Waals surface area contributed by atoms with Gasteiger partial charge in [0.1, 0.15) is 0 Å². The number of methoxy groups -OCH3 is 1. The predicted molar refractivity (Wildman–Crippen MR) is 66.4 cm³/mol. The Morgan fingerprint density at radius 3 is 2.62 bits per heavy atom. The third-order valence-electron chi connectivity index (χ3n) is 3.71. The summed E-state index contributed by atoms with van der Waals surface area (Å²) in [4.78, 5) is 0. The smallest absolute Gasteiger partial charge is 0.0580 e. The molecule has 0 aromatic rings. The molecule has 0 spiro atoms. The maximum absolute atomic E-state index is 6.19. The van der Waals surface area contributed by atoms with Crippen LogP contribution in [0, 0.1) is 11.8 Å². The number of ether oxygens (including phenoxy) is 2. The fourth-order valence-corrected chi connectivity index (χ4v) is 2.37. The molecular formula is C13H27NO2. The highest BCUT2D eigenvalue weighted by Crippen LogP contribution is 2.34. The SMILES string of the molecule is CCOC1CC(CC(N)C(C)CCOC)C1. The van der Waals surface area contributed by atoms with Crippen molar-refractivity contribution in [2.75, 3.05) is 20.3 Å². The van der Waals surface area contributed by atoms with Crippen LogP contribution in [-0.4, -0.2) is 32.5 Å². The molecule has 1 fully saturated rings. The summed E-state index contributed by atoms with van der Waals surface area (Å²) in [6.07, 6.45) is 5.14. The Kier molecular flexibility index (Phi) is 6.32. The van der Waals surface area contributed by atoms with Crippen LogP contribution in [0.4, 0.5) is 0 Å². The lowest BCUT2D eigenvalue weighted by Crippen LogP contribution is -2.38. The van der Waals surface area contributed by atoms with Gasteiger partial charge in [-0.3, -0.25) is 0 Å². The number of rotatable bonds is 8. The zero-order valence-corrected chi connectivity index (χ0v) is 10.9. The van der Waals surface area contributed by atoms with Crippen LogP contribution in [-0.2, 0) is 9.47 Å². The van der Waals surface area contributed by atoms with E-state index in [4.69, 9.17) is 15.2 Å². The van der Waals surface area contributed by atoms with Crippen molar-refractivity contribution in [2.45, 2.75) is 51.7 Å². The molecule has 1 aliphatic carbocycles. The van der Waals surface area contributed by atoms with Crippen molar-refractivity contribution in [3.05, 3.63) is 0 Å². The number of hydrogen-bond acceptors (Lipinski definition) is 3. The molecule has 0 amide bonds. The highest BCUT2D eigenvalue weighted by atomic mass is 16.5. The van der Waals surface area contributed by atoms with Crippen LogP contribution in [0.3, 0.4) is 0 Å². The zero-order chi connectivity index (χ0) is 12.0. The normalized spacial score (nSPS) is 28.5. The summed E-state index contributed by atoms with van der Waals surface area (Å²) in [5.74, 6) is 1.35. The van der Waals surface area contributed by atoms with Crippen molar-refractivity contribution in [3.8, 4) is 0 Å². The van der Waals surface area contributed by atoms with Crippen LogP contribution in [0.2, 0.25) is 0 Å². The average molecular weight is 229 g/mol. The summed E-state index contributed by atoms with van der Waals surface area (Å²) >= 11 is 0. The molecule has 1 aliphatic rings. The van der Waals surface area contributed by atoms with Crippen LogP contribution in [0.1, 0.15) is 39.5 Å². The van der Waals surface area contributed by atoms with E-state index in [2.05, 4.69) is 13.8 Å². The molecular weight excluding hydrogens is 202 g/mol. The second kappa shape index (κ2) is 7.25. The van der Waals surface area contributed by atoms with Gasteiger partial charge in [0.25, 0.3) is 0 Å². The molecule has 0 saturated heterocycles. The molecule has 0 aromatic heterocycles. The van der Waals surface area contributed by atoms with Gasteiger partial charge in [-0.15, -0.1) is 0 Å². The first-order chi connectivity index (χ1) is 7.67. The second-order valence-corrected chi connectivity index (χ2v) is 5.07. The Balaban J connectivity index is 2.08. The summed E-state index contributed by atoms with van der Waals surface area (Å²) in [6.45, 7) is 5.95. The molecule has 2 N–H and O–H groups in total. The van der Waals surface area contributed by atoms with Crippen molar-refractivity contribution in [3.63, 3.8) is 0 Å². The zero-order valence-electron chi connectivity index (χ0n) is 10.9. The quantitative estimate of drug-likeness (QED) is 0.694. The lowest BCUT2D eigenvalue weighted by atomic mass is 9.76. The lowest BCUT2D eigenvalue weighted by Gasteiger charge is -2.37. The van der Waals surface area contributed by atoms with Gasteiger partial charge in [-0.25, -0.2) is 0 Å². The molecule has 0 radical (unpaired) electrons. The van der Waals surface area contributed by atoms with Gasteiger partial charge in [-0.1, -0.05) is 6.92 Å². The Hall–Kier alpha value is -0.120. The molecule has 0 aromatic carbocycles. The van der Waals surface area contributed by atoms with E-state index in [1.807, 2.05) is 0 Å². The van der Waals surface area contributed by atoms with Gasteiger partial charge in [-0.05, 0) is 44.4 Å². The van der Waals surface area contributed by atoms with Gasteiger partial charge >= 0.3 is 0 Å². The van der Waals surface area contributed by atoms with Gasteiger partial charge in [0, 0.05) is 26.4 Å². The standard InChI is InChI=1S/C13H27NO2/c1-4-16-12-7-11(8-12)9-13(14)10(2)5-6-15-3/h10-13H,4-9,14H2,1-3H3. The van der Waals surface area contributed by atoms with E-state index in [1.54, 1.807) is 7.11 Å². The fraction of sp³-hybridized carbons (Fsp3) is 1.00. The van der Waals surface area contributed by atoms with Gasteiger partial charge in [0.15, 0.2) is 0 Å². The minimum absolute atomic E-state index is 0.322. The average Bonchev–Trinajstić information content (AvgIpc) is 2.22. The largest absolute Gasteiger partial charge is 0.385 e. The molecule has 3 nitrogen and oxygen atoms in total. The number of hydrogen-bond donors (Lipinski definition) is 1. The molecule has 3 heteroatoms. The molecule has 96 valence electrons. The van der Waals surface area contributed by atoms with E-state index in [-0.39, 0.29) is 0 Å². The Morgan fingerprint density at radius 1 is 1.38 bits per heavy atom. The minimum atomic E-state index is 0.322. The molecule has 2 atom stereocenters. The van der Waals surface area contributed by atoms with Crippen molar-refractivity contribution in [2.24, 2.45) is 17.6 Å². The van der Waals surface area contributed by atoms with Crippen molar-refractivity contribution in [1.82, 2.24) is 0 Å². The van der Waals surface area contributed by atoms with Crippen LogP contribution in [0.5, 0.6) is 0 Å². The molecule has 2 unspecified atom stereocenters. The molecule has 1 saturated carbocycles. The van der Waals surface area contributed by atoms with Gasteiger partial charge in [0.05, 0.1) is 6.10 Å². The van der Waals surface area contributed by atoms with E-state index >= 15 is 0 Å². The van der Waals surface area contributed by atoms with Crippen LogP contribution >= 0.6 is 0 Å². The third-order valence-corrected chi connectivity index (χ3v) is 3.71. The van der Waals surface area contributed by atoms with E-state index in [0.29, 0.717) is 18.1 Å². The summed E-state index contributed by atoms with van der Waals surface area (Å²) in [5, 5.41) is 0. The third kappa shape index (κ3) is 4.40. The molecule has 16 heavy (non-hydrogen) atoms. The summed E-state index contributed by atoms with van der Waals surface area (Å²) in [6, 6.07) is 0.322. The van der Waals surface area contributed by atoms with Gasteiger partial charge in [0.2, 0.25) is 0 Å². The minimum Gasteiger partial charge on any atom is -0.385 e. The Bertz CT molecular complexity index is 181. The molecule has 0 aliphatic heterocycles. The first-order valence-electron chi connectivity index (χ1n) is 6.53. The first-order valence-corrected chi connectivity index (χ1v) is 6.53. The van der Waals surface area contributed by atoms with Crippen LogP contribution in [0.15, 0.2) is 0 Å². The first kappa shape index (κ1) is 13.9. The summed E-state index contributed by atoms with van der Waals surface area (Å²) in [5.41, 5.74) is 6.19. The lowest BCUT2D eigenvalue weighted by molar-refractivity contribution is -0.0296. The van der Waals surface area contributed by atoms with E-state index < -0.39 is 0 Å². The Morgan fingerprint density at radius 2 is 2.06 bits per heavy atom. The van der Waals surface area contributed by atoms with E-state index in [0.717, 1.165) is 32.0 Å². The molecule has 0 bridgehead atoms. The number of nitrogens with two attached hydrogens (primary N) is 1. The van der Waals surface area contributed by atoms with E-state index in [1.165, 1.54) is 12.8 Å². The maximum atomic E-state index is 6.19. The molecule has 1 rings (SSSR count). The van der Waals surface area contributed by atoms with E-state index in [9.17, 15) is 0 Å². The van der Waals surface area contributed by atoms with Gasteiger partial charge < -0.3 is 15.2 Å². The van der Waals surface area contributed by atoms with Crippen LogP contribution in [0.25, 0.3) is 0 Å². The van der Waals surface area contributed by atoms with Crippen molar-refractivity contribution in [1.29, 1.82) is 0 Å². The summed E-state index contributed by atoms with van der Waals surface area (Å²) < 4.78 is 10.6. The monoisotopic (exact) mass is 229 g/mol. The van der Waals surface area contributed by atoms with Crippen molar-refractivity contribution < 1.29 is 9.47 Å². The predicted octanol–water partition coefficient (Wildman–Crippen LogP) is 2.19. The second-order valence-electron chi connectivity index (χ2n) is 5.07. The maximum Gasteiger partial charge on any atom is 0.0580 e. The topological polar surface area (TPSA) is 44.5 Å². The summed E-state index contributed by atoms with van der Waals surface area (Å²) in [7, 11) is 1.75. The van der Waals surface area contributed by atoms with Crippen molar-refractivity contribution >= 4 is 0 Å². The molecule has 0 heterocycles. The fourth-order valence-electron chi connectivity index (χ4n) is 2.37. The highest BCUT2D eigenvalue weighted by molar-refractivity contribution is 4.84. The van der Waals surface area contributed by atoms with Crippen LogP contribution < -0.4 is 5.73 Å². The highest BCUT2D eigenvalue weighted by Gasteiger charge is 2.31.